The van der Waals surface area contributed by atoms with Crippen molar-refractivity contribution in [2.24, 2.45) is 0 Å². The first kappa shape index (κ1) is 22.6. The van der Waals surface area contributed by atoms with Crippen molar-refractivity contribution in [1.29, 1.82) is 0 Å². The summed E-state index contributed by atoms with van der Waals surface area (Å²) in [6.07, 6.45) is 3.98. The van der Waals surface area contributed by atoms with Gasteiger partial charge in [0, 0.05) is 16.6 Å². The van der Waals surface area contributed by atoms with Crippen LogP contribution in [-0.4, -0.2) is 28.3 Å². The molecule has 1 N–H and O–H groups in total. The van der Waals surface area contributed by atoms with Crippen LogP contribution in [0.1, 0.15) is 23.3 Å². The van der Waals surface area contributed by atoms with E-state index in [2.05, 4.69) is 5.32 Å². The highest BCUT2D eigenvalue weighted by molar-refractivity contribution is 7.99. The summed E-state index contributed by atoms with van der Waals surface area (Å²) in [6, 6.07) is 12.9. The molecule has 0 fully saturated rings. The lowest BCUT2D eigenvalue weighted by molar-refractivity contribution is -0.113. The van der Waals surface area contributed by atoms with Crippen LogP contribution in [0.2, 0.25) is 0 Å². The Labute approximate surface area is 203 Å². The number of aromatic nitrogens is 2. The highest BCUT2D eigenvalue weighted by atomic mass is 32.2. The Hall–Kier alpha value is -3.17. The average molecular weight is 496 g/mol. The average Bonchev–Trinajstić information content (AvgIpc) is 3.22. The molecule has 9 heteroatoms. The molecule has 2 aromatic heterocycles. The van der Waals surface area contributed by atoms with E-state index in [0.717, 1.165) is 31.2 Å². The first-order valence-electron chi connectivity index (χ1n) is 10.9. The summed E-state index contributed by atoms with van der Waals surface area (Å²) in [5.41, 5.74) is 2.06. The van der Waals surface area contributed by atoms with Gasteiger partial charge in [-0.15, -0.1) is 11.3 Å². The maximum absolute atomic E-state index is 13.7. The predicted molar refractivity (Wildman–Crippen MR) is 134 cm³/mol. The van der Waals surface area contributed by atoms with E-state index >= 15 is 0 Å². The van der Waals surface area contributed by atoms with Crippen LogP contribution in [0.3, 0.4) is 0 Å². The molecular formula is C25H22FN3O3S2. The fourth-order valence-electron chi connectivity index (χ4n) is 4.13. The molecule has 0 saturated carbocycles. The third-order valence-corrected chi connectivity index (χ3v) is 7.85. The number of aryl methyl sites for hydroxylation is 2. The second-order valence-corrected chi connectivity index (χ2v) is 10.00. The number of carbonyl (C=O) groups excluding carboxylic acids is 1. The van der Waals surface area contributed by atoms with Gasteiger partial charge in [0.2, 0.25) is 5.91 Å². The van der Waals surface area contributed by atoms with Crippen LogP contribution < -0.4 is 15.6 Å². The fourth-order valence-corrected chi connectivity index (χ4v) is 6.24. The summed E-state index contributed by atoms with van der Waals surface area (Å²) in [6.45, 7) is 0. The van der Waals surface area contributed by atoms with Crippen LogP contribution in [0.25, 0.3) is 15.9 Å². The van der Waals surface area contributed by atoms with E-state index < -0.39 is 0 Å². The van der Waals surface area contributed by atoms with Gasteiger partial charge in [0.15, 0.2) is 5.16 Å². The van der Waals surface area contributed by atoms with Gasteiger partial charge < -0.3 is 10.1 Å². The molecule has 0 spiro atoms. The van der Waals surface area contributed by atoms with E-state index in [1.807, 2.05) is 0 Å². The Morgan fingerprint density at radius 1 is 1.21 bits per heavy atom. The van der Waals surface area contributed by atoms with Crippen molar-refractivity contribution >= 4 is 44.9 Å². The Bertz CT molecular complexity index is 1430. The van der Waals surface area contributed by atoms with Crippen molar-refractivity contribution in [1.82, 2.24) is 9.55 Å². The van der Waals surface area contributed by atoms with E-state index in [1.165, 1.54) is 33.3 Å². The van der Waals surface area contributed by atoms with E-state index in [9.17, 15) is 14.0 Å². The van der Waals surface area contributed by atoms with Crippen LogP contribution in [0.15, 0.2) is 58.5 Å². The lowest BCUT2D eigenvalue weighted by Gasteiger charge is -2.14. The smallest absolute Gasteiger partial charge is 0.267 e. The normalized spacial score (nSPS) is 13.0. The van der Waals surface area contributed by atoms with Crippen LogP contribution in [-0.2, 0) is 17.6 Å². The summed E-state index contributed by atoms with van der Waals surface area (Å²) in [5, 5.41) is 3.90. The summed E-state index contributed by atoms with van der Waals surface area (Å²) in [5.74, 6) is 0.0836. The van der Waals surface area contributed by atoms with Crippen molar-refractivity contribution in [3.05, 3.63) is 75.1 Å². The van der Waals surface area contributed by atoms with Gasteiger partial charge in [0.05, 0.1) is 23.9 Å². The van der Waals surface area contributed by atoms with Gasteiger partial charge in [0.25, 0.3) is 5.56 Å². The Balaban J connectivity index is 1.50. The van der Waals surface area contributed by atoms with Gasteiger partial charge in [-0.25, -0.2) is 9.37 Å². The molecule has 2 aromatic carbocycles. The molecule has 5 rings (SSSR count). The number of fused-ring (bicyclic) bond motifs is 3. The third kappa shape index (κ3) is 4.45. The van der Waals surface area contributed by atoms with Crippen molar-refractivity contribution in [2.45, 2.75) is 30.8 Å². The van der Waals surface area contributed by atoms with Crippen molar-refractivity contribution in [3.8, 4) is 11.4 Å². The standard InChI is InChI=1S/C25H22FN3O3S2/c1-32-18-6-4-5-16(13-18)27-21(30)14-33-25-28-23-22(19-7-2-3-8-20(19)34-23)24(31)29(25)17-11-9-15(26)10-12-17/h4-6,9-13H,2-3,7-8,14H2,1H3,(H,27,30). The molecule has 1 amide bonds. The number of nitrogens with one attached hydrogen (secondary N) is 1. The molecule has 174 valence electrons. The van der Waals surface area contributed by atoms with Gasteiger partial charge in [0.1, 0.15) is 16.4 Å². The summed E-state index contributed by atoms with van der Waals surface area (Å²) in [4.78, 5) is 33.0. The topological polar surface area (TPSA) is 73.2 Å². The molecule has 0 atom stereocenters. The van der Waals surface area contributed by atoms with Gasteiger partial charge in [-0.1, -0.05) is 17.8 Å². The largest absolute Gasteiger partial charge is 0.497 e. The molecule has 0 bridgehead atoms. The predicted octanol–water partition coefficient (Wildman–Crippen LogP) is 5.20. The molecule has 6 nitrogen and oxygen atoms in total. The summed E-state index contributed by atoms with van der Waals surface area (Å²) >= 11 is 2.74. The van der Waals surface area contributed by atoms with Crippen LogP contribution >= 0.6 is 23.1 Å². The fraction of sp³-hybridized carbons (Fsp3) is 0.240. The number of methoxy groups -OCH3 is 1. The molecule has 0 radical (unpaired) electrons. The van der Waals surface area contributed by atoms with Crippen molar-refractivity contribution in [2.75, 3.05) is 18.2 Å². The number of hydrogen-bond acceptors (Lipinski definition) is 6. The number of ether oxygens (including phenoxy) is 1. The van der Waals surface area contributed by atoms with Gasteiger partial charge in [-0.2, -0.15) is 0 Å². The van der Waals surface area contributed by atoms with Gasteiger partial charge in [-0.3, -0.25) is 14.2 Å². The van der Waals surface area contributed by atoms with Crippen LogP contribution in [0.5, 0.6) is 5.75 Å². The van der Waals surface area contributed by atoms with Crippen LogP contribution in [0, 0.1) is 5.82 Å². The first-order valence-corrected chi connectivity index (χ1v) is 12.7. The van der Waals surface area contributed by atoms with E-state index in [4.69, 9.17) is 9.72 Å². The number of anilines is 1. The van der Waals surface area contributed by atoms with E-state index in [-0.39, 0.29) is 23.0 Å². The Morgan fingerprint density at radius 3 is 2.79 bits per heavy atom. The molecule has 4 aromatic rings. The zero-order valence-corrected chi connectivity index (χ0v) is 20.1. The minimum atomic E-state index is -0.384. The minimum absolute atomic E-state index is 0.0570. The highest BCUT2D eigenvalue weighted by Gasteiger charge is 2.23. The maximum Gasteiger partial charge on any atom is 0.267 e. The number of thioether (sulfide) groups is 1. The minimum Gasteiger partial charge on any atom is -0.497 e. The Kier molecular flexibility index (Phi) is 6.38. The number of carbonyl (C=O) groups is 1. The van der Waals surface area contributed by atoms with E-state index in [0.29, 0.717) is 32.5 Å². The number of rotatable bonds is 6. The molecule has 0 saturated heterocycles. The molecule has 34 heavy (non-hydrogen) atoms. The zero-order chi connectivity index (χ0) is 23.7. The molecular weight excluding hydrogens is 473 g/mol. The van der Waals surface area contributed by atoms with Crippen LogP contribution in [0.4, 0.5) is 10.1 Å². The lowest BCUT2D eigenvalue weighted by atomic mass is 9.97. The van der Waals surface area contributed by atoms with Crippen molar-refractivity contribution in [3.63, 3.8) is 0 Å². The third-order valence-electron chi connectivity index (χ3n) is 5.73. The number of benzene rings is 2. The van der Waals surface area contributed by atoms with Crippen molar-refractivity contribution < 1.29 is 13.9 Å². The van der Waals surface area contributed by atoms with Gasteiger partial charge >= 0.3 is 0 Å². The molecule has 0 unspecified atom stereocenters. The molecule has 2 heterocycles. The Morgan fingerprint density at radius 2 is 2.00 bits per heavy atom. The first-order chi connectivity index (χ1) is 16.5. The maximum atomic E-state index is 13.7. The quantitative estimate of drug-likeness (QED) is 0.294. The monoisotopic (exact) mass is 495 g/mol. The number of nitrogens with zero attached hydrogens (tertiary/aromatic N) is 2. The number of thiophene rings is 1. The molecule has 1 aliphatic carbocycles. The zero-order valence-electron chi connectivity index (χ0n) is 18.5. The number of halogens is 1. The van der Waals surface area contributed by atoms with E-state index in [1.54, 1.807) is 54.8 Å². The van der Waals surface area contributed by atoms with Gasteiger partial charge in [-0.05, 0) is 67.6 Å². The number of amides is 1. The highest BCUT2D eigenvalue weighted by Crippen LogP contribution is 2.35. The second-order valence-electron chi connectivity index (χ2n) is 7.97. The second kappa shape index (κ2) is 9.60. The summed E-state index contributed by atoms with van der Waals surface area (Å²) < 4.78 is 20.3. The molecule has 1 aliphatic rings. The molecule has 0 aliphatic heterocycles. The lowest BCUT2D eigenvalue weighted by Crippen LogP contribution is -2.23. The summed E-state index contributed by atoms with van der Waals surface area (Å²) in [7, 11) is 1.57. The SMILES string of the molecule is COc1cccc(NC(=O)CSc2nc3sc4c(c3c(=O)n2-c2ccc(F)cc2)CCCC4)c1. The number of hydrogen-bond donors (Lipinski definition) is 1.